The minimum absolute atomic E-state index is 0.0197. The van der Waals surface area contributed by atoms with Crippen LogP contribution in [0, 0.1) is 6.92 Å². The van der Waals surface area contributed by atoms with E-state index in [2.05, 4.69) is 20.8 Å². The van der Waals surface area contributed by atoms with Crippen LogP contribution >= 0.6 is 0 Å². The molecule has 1 atom stereocenters. The molecular weight excluding hydrogens is 284 g/mol. The van der Waals surface area contributed by atoms with Crippen molar-refractivity contribution in [2.75, 3.05) is 5.32 Å². The Bertz CT molecular complexity index is 639. The van der Waals surface area contributed by atoms with E-state index in [4.69, 9.17) is 9.26 Å². The van der Waals surface area contributed by atoms with Gasteiger partial charge in [0.15, 0.2) is 5.82 Å². The lowest BCUT2D eigenvalue weighted by molar-refractivity contribution is 0.240. The first-order chi connectivity index (χ1) is 10.5. The van der Waals surface area contributed by atoms with Crippen LogP contribution in [0.2, 0.25) is 0 Å². The van der Waals surface area contributed by atoms with E-state index in [9.17, 15) is 4.79 Å². The monoisotopic (exact) mass is 304 g/mol. The first kappa shape index (κ1) is 15.8. The Hall–Kier alpha value is -2.57. The summed E-state index contributed by atoms with van der Waals surface area (Å²) >= 11 is 0. The van der Waals surface area contributed by atoms with Crippen molar-refractivity contribution >= 4 is 11.7 Å². The molecule has 0 unspecified atom stereocenters. The molecule has 22 heavy (non-hydrogen) atoms. The van der Waals surface area contributed by atoms with E-state index in [0.717, 1.165) is 0 Å². The van der Waals surface area contributed by atoms with Gasteiger partial charge in [0.25, 0.3) is 0 Å². The number of aryl methyl sites for hydroxylation is 1. The number of carbonyl (C=O) groups excluding carboxylic acids is 1. The highest BCUT2D eigenvalue weighted by Gasteiger charge is 2.16. The van der Waals surface area contributed by atoms with E-state index in [1.807, 2.05) is 26.0 Å². The third-order valence-corrected chi connectivity index (χ3v) is 2.76. The van der Waals surface area contributed by atoms with Gasteiger partial charge in [-0.3, -0.25) is 0 Å². The van der Waals surface area contributed by atoms with Crippen LogP contribution in [0.1, 0.15) is 38.5 Å². The average molecular weight is 304 g/mol. The maximum Gasteiger partial charge on any atom is 0.319 e. The van der Waals surface area contributed by atoms with Crippen molar-refractivity contribution in [1.82, 2.24) is 15.5 Å². The molecule has 2 N–H and O–H groups in total. The van der Waals surface area contributed by atoms with Gasteiger partial charge in [-0.1, -0.05) is 17.3 Å². The molecule has 0 aliphatic carbocycles. The SMILES string of the molecule is Cc1noc([C@H](C)NC(=O)Nc2ccccc2OC(C)C)n1. The number of para-hydroxylation sites is 2. The van der Waals surface area contributed by atoms with Gasteiger partial charge in [-0.15, -0.1) is 0 Å². The van der Waals surface area contributed by atoms with Gasteiger partial charge in [0, 0.05) is 0 Å². The zero-order chi connectivity index (χ0) is 16.1. The molecule has 0 aliphatic rings. The molecule has 0 saturated carbocycles. The summed E-state index contributed by atoms with van der Waals surface area (Å²) < 4.78 is 10.7. The first-order valence-electron chi connectivity index (χ1n) is 7.09. The van der Waals surface area contributed by atoms with Gasteiger partial charge in [-0.2, -0.15) is 4.98 Å². The molecule has 0 fully saturated rings. The van der Waals surface area contributed by atoms with Crippen LogP contribution in [-0.2, 0) is 0 Å². The van der Waals surface area contributed by atoms with E-state index < -0.39 is 0 Å². The summed E-state index contributed by atoms with van der Waals surface area (Å²) in [4.78, 5) is 16.2. The van der Waals surface area contributed by atoms with E-state index in [1.165, 1.54) is 0 Å². The zero-order valence-corrected chi connectivity index (χ0v) is 13.1. The molecule has 0 bridgehead atoms. The summed E-state index contributed by atoms with van der Waals surface area (Å²) in [6.07, 6.45) is 0.0197. The second kappa shape index (κ2) is 6.93. The van der Waals surface area contributed by atoms with Crippen LogP contribution in [0.4, 0.5) is 10.5 Å². The predicted octanol–water partition coefficient (Wildman–Crippen LogP) is 3.05. The number of urea groups is 1. The molecule has 0 radical (unpaired) electrons. The van der Waals surface area contributed by atoms with Crippen molar-refractivity contribution in [1.29, 1.82) is 0 Å². The number of hydrogen-bond donors (Lipinski definition) is 2. The Balaban J connectivity index is 2.00. The number of anilines is 1. The fourth-order valence-corrected chi connectivity index (χ4v) is 1.83. The minimum Gasteiger partial charge on any atom is -0.489 e. The van der Waals surface area contributed by atoms with Crippen molar-refractivity contribution in [2.45, 2.75) is 39.8 Å². The standard InChI is InChI=1S/C15H20N4O3/c1-9(2)21-13-8-6-5-7-12(13)18-15(20)16-10(3)14-17-11(4)19-22-14/h5-10H,1-4H3,(H2,16,18,20)/t10-/m0/s1. The van der Waals surface area contributed by atoms with Crippen molar-refractivity contribution < 1.29 is 14.1 Å². The molecule has 0 spiro atoms. The Morgan fingerprint density at radius 2 is 2.00 bits per heavy atom. The van der Waals surface area contributed by atoms with E-state index in [0.29, 0.717) is 23.2 Å². The number of hydrogen-bond acceptors (Lipinski definition) is 5. The maximum atomic E-state index is 12.1. The predicted molar refractivity (Wildman–Crippen MR) is 81.8 cm³/mol. The number of rotatable bonds is 5. The van der Waals surface area contributed by atoms with E-state index in [-0.39, 0.29) is 18.2 Å². The normalized spacial score (nSPS) is 12.0. The van der Waals surface area contributed by atoms with Crippen molar-refractivity contribution in [2.24, 2.45) is 0 Å². The Labute approximate surface area is 129 Å². The molecule has 1 aromatic carbocycles. The fourth-order valence-electron chi connectivity index (χ4n) is 1.83. The zero-order valence-electron chi connectivity index (χ0n) is 13.1. The number of ether oxygens (including phenoxy) is 1. The molecule has 118 valence electrons. The molecule has 7 heteroatoms. The number of aromatic nitrogens is 2. The summed E-state index contributed by atoms with van der Waals surface area (Å²) in [5.74, 6) is 1.51. The van der Waals surface area contributed by atoms with Crippen LogP contribution in [0.15, 0.2) is 28.8 Å². The average Bonchev–Trinajstić information content (AvgIpc) is 2.87. The smallest absolute Gasteiger partial charge is 0.319 e. The number of carbonyl (C=O) groups is 1. The first-order valence-corrected chi connectivity index (χ1v) is 7.09. The summed E-state index contributed by atoms with van der Waals surface area (Å²) in [5.41, 5.74) is 0.600. The quantitative estimate of drug-likeness (QED) is 0.886. The highest BCUT2D eigenvalue weighted by molar-refractivity contribution is 5.91. The van der Waals surface area contributed by atoms with Crippen LogP contribution in [-0.4, -0.2) is 22.3 Å². The summed E-state index contributed by atoms with van der Waals surface area (Å²) in [5, 5.41) is 9.19. The number of benzene rings is 1. The van der Waals surface area contributed by atoms with E-state index >= 15 is 0 Å². The Morgan fingerprint density at radius 3 is 2.64 bits per heavy atom. The van der Waals surface area contributed by atoms with Crippen molar-refractivity contribution in [3.05, 3.63) is 36.0 Å². The Morgan fingerprint density at radius 1 is 1.27 bits per heavy atom. The molecule has 2 aromatic rings. The van der Waals surface area contributed by atoms with Crippen molar-refractivity contribution in [3.8, 4) is 5.75 Å². The van der Waals surface area contributed by atoms with Gasteiger partial charge < -0.3 is 19.9 Å². The lowest BCUT2D eigenvalue weighted by Gasteiger charge is -2.16. The molecule has 2 rings (SSSR count). The lowest BCUT2D eigenvalue weighted by Crippen LogP contribution is -2.31. The van der Waals surface area contributed by atoms with Gasteiger partial charge in [-0.25, -0.2) is 4.79 Å². The van der Waals surface area contributed by atoms with Crippen LogP contribution < -0.4 is 15.4 Å². The van der Waals surface area contributed by atoms with Gasteiger partial charge >= 0.3 is 6.03 Å². The summed E-state index contributed by atoms with van der Waals surface area (Å²) in [6, 6.07) is 6.50. The third-order valence-electron chi connectivity index (χ3n) is 2.76. The molecule has 0 saturated heterocycles. The second-order valence-electron chi connectivity index (χ2n) is 5.16. The summed E-state index contributed by atoms with van der Waals surface area (Å²) in [7, 11) is 0. The number of nitrogens with zero attached hydrogens (tertiary/aromatic N) is 2. The molecule has 7 nitrogen and oxygen atoms in total. The van der Waals surface area contributed by atoms with Crippen molar-refractivity contribution in [3.63, 3.8) is 0 Å². The van der Waals surface area contributed by atoms with Gasteiger partial charge in [0.2, 0.25) is 5.89 Å². The topological polar surface area (TPSA) is 89.3 Å². The highest BCUT2D eigenvalue weighted by Crippen LogP contribution is 2.24. The molecule has 0 aliphatic heterocycles. The minimum atomic E-state index is -0.389. The molecule has 1 aromatic heterocycles. The lowest BCUT2D eigenvalue weighted by atomic mass is 10.3. The van der Waals surface area contributed by atoms with Gasteiger partial charge in [0.1, 0.15) is 11.8 Å². The highest BCUT2D eigenvalue weighted by atomic mass is 16.5. The number of amides is 2. The van der Waals surface area contributed by atoms with Crippen LogP contribution in [0.3, 0.4) is 0 Å². The molecular formula is C15H20N4O3. The summed E-state index contributed by atoms with van der Waals surface area (Å²) in [6.45, 7) is 7.34. The fraction of sp³-hybridized carbons (Fsp3) is 0.400. The third kappa shape index (κ3) is 4.21. The molecule has 2 amide bonds. The van der Waals surface area contributed by atoms with Crippen LogP contribution in [0.5, 0.6) is 5.75 Å². The largest absolute Gasteiger partial charge is 0.489 e. The molecule has 1 heterocycles. The number of nitrogens with one attached hydrogen (secondary N) is 2. The maximum absolute atomic E-state index is 12.1. The van der Waals surface area contributed by atoms with Gasteiger partial charge in [0.05, 0.1) is 11.8 Å². The van der Waals surface area contributed by atoms with Gasteiger partial charge in [-0.05, 0) is 39.8 Å². The Kier molecular flexibility index (Phi) is 4.98. The van der Waals surface area contributed by atoms with E-state index in [1.54, 1.807) is 26.0 Å². The van der Waals surface area contributed by atoms with Crippen LogP contribution in [0.25, 0.3) is 0 Å². The second-order valence-corrected chi connectivity index (χ2v) is 5.16.